The summed E-state index contributed by atoms with van der Waals surface area (Å²) in [6.45, 7) is 0. The molecule has 0 aliphatic rings. The van der Waals surface area contributed by atoms with E-state index in [0.29, 0.717) is 6.42 Å². The minimum absolute atomic E-state index is 0.538. The van der Waals surface area contributed by atoms with Crippen molar-refractivity contribution < 1.29 is 5.11 Å². The Morgan fingerprint density at radius 2 is 0.659 bits per heavy atom. The van der Waals surface area contributed by atoms with Gasteiger partial charge in [0.15, 0.2) is 0 Å². The highest BCUT2D eigenvalue weighted by Gasteiger charge is 2.42. The van der Waals surface area contributed by atoms with Crippen LogP contribution in [0.25, 0.3) is 0 Å². The molecule has 6 aromatic rings. The molecule has 0 spiro atoms. The van der Waals surface area contributed by atoms with Crippen LogP contribution >= 0.6 is 27.5 Å². The van der Waals surface area contributed by atoms with Gasteiger partial charge >= 0.3 is 0 Å². The smallest absolute Gasteiger partial charge is 0.119 e. The molecule has 1 atom stereocenters. The van der Waals surface area contributed by atoms with E-state index >= 15 is 0 Å². The van der Waals surface area contributed by atoms with Crippen LogP contribution < -0.4 is 0 Å². The molecule has 1 nitrogen and oxygen atoms in total. The highest BCUT2D eigenvalue weighted by Crippen LogP contribution is 2.44. The number of alkyl halides is 2. The number of hydrogen-bond acceptors (Lipinski definition) is 1. The minimum Gasteiger partial charge on any atom is -0.391 e. The van der Waals surface area contributed by atoms with Crippen molar-refractivity contribution in [1.82, 2.24) is 0 Å². The summed E-state index contributed by atoms with van der Waals surface area (Å²) in [7, 11) is 0. The van der Waals surface area contributed by atoms with Crippen molar-refractivity contribution in [3.63, 3.8) is 0 Å². The van der Waals surface area contributed by atoms with E-state index in [0.717, 1.165) is 38.7 Å². The van der Waals surface area contributed by atoms with Crippen LogP contribution in [0, 0.1) is 0 Å². The molecule has 0 heterocycles. The maximum Gasteiger partial charge on any atom is 0.119 e. The Kier molecular flexibility index (Phi) is 10.9. The third kappa shape index (κ3) is 6.59. The van der Waals surface area contributed by atoms with Gasteiger partial charge in [-0.2, -0.15) is 0 Å². The highest BCUT2D eigenvalue weighted by molar-refractivity contribution is 9.09. The Morgan fingerprint density at radius 3 is 0.886 bits per heavy atom. The van der Waals surface area contributed by atoms with E-state index in [1.54, 1.807) is 0 Å². The average molecular weight is 660 g/mol. The van der Waals surface area contributed by atoms with Crippen LogP contribution in [0.4, 0.5) is 0 Å². The van der Waals surface area contributed by atoms with Gasteiger partial charge in [0.2, 0.25) is 0 Å². The first kappa shape index (κ1) is 31.5. The Labute approximate surface area is 275 Å². The van der Waals surface area contributed by atoms with Crippen LogP contribution in [0.15, 0.2) is 182 Å². The van der Waals surface area contributed by atoms with Gasteiger partial charge in [0, 0.05) is 5.33 Å². The highest BCUT2D eigenvalue weighted by atomic mass is 79.9. The maximum atomic E-state index is 11.3. The van der Waals surface area contributed by atoms with Crippen LogP contribution in [0.5, 0.6) is 0 Å². The van der Waals surface area contributed by atoms with Crippen LogP contribution in [0.1, 0.15) is 39.8 Å². The Balaban J connectivity index is 0.000000177. The molecule has 0 aliphatic heterocycles. The van der Waals surface area contributed by atoms with E-state index in [4.69, 9.17) is 11.6 Å². The summed E-state index contributed by atoms with van der Waals surface area (Å²) in [5, 5.41) is 12.0. The third-order valence-corrected chi connectivity index (χ3v) is 9.20. The van der Waals surface area contributed by atoms with Gasteiger partial charge < -0.3 is 5.11 Å². The number of halogens is 2. The fourth-order valence-electron chi connectivity index (χ4n) is 6.00. The number of aliphatic hydroxyl groups is 1. The van der Waals surface area contributed by atoms with Gasteiger partial charge in [-0.3, -0.25) is 0 Å². The molecule has 6 rings (SSSR count). The lowest BCUT2D eigenvalue weighted by Crippen LogP contribution is -2.42. The van der Waals surface area contributed by atoms with Crippen molar-refractivity contribution in [2.75, 3.05) is 5.33 Å². The van der Waals surface area contributed by atoms with Gasteiger partial charge in [-0.1, -0.05) is 198 Å². The fourth-order valence-corrected chi connectivity index (χ4v) is 6.82. The predicted molar refractivity (Wildman–Crippen MR) is 189 cm³/mol. The van der Waals surface area contributed by atoms with Crippen LogP contribution in [0.2, 0.25) is 0 Å². The van der Waals surface area contributed by atoms with Crippen molar-refractivity contribution in [3.8, 4) is 0 Å². The molecule has 1 unspecified atom stereocenters. The lowest BCUT2D eigenvalue weighted by atomic mass is 9.65. The summed E-state index contributed by atoms with van der Waals surface area (Å²) >= 11 is 10.6. The predicted octanol–water partition coefficient (Wildman–Crippen LogP) is 10.4. The Hall–Kier alpha value is -3.95. The van der Waals surface area contributed by atoms with Crippen LogP contribution in [0.3, 0.4) is 0 Å². The number of hydrogen-bond donors (Lipinski definition) is 1. The first-order valence-corrected chi connectivity index (χ1v) is 16.4. The van der Waals surface area contributed by atoms with E-state index in [9.17, 15) is 5.11 Å². The van der Waals surface area contributed by atoms with E-state index < -0.39 is 16.4 Å². The average Bonchev–Trinajstić information content (AvgIpc) is 3.11. The topological polar surface area (TPSA) is 20.2 Å². The second-order valence-corrected chi connectivity index (χ2v) is 12.0. The van der Waals surface area contributed by atoms with Crippen molar-refractivity contribution in [1.29, 1.82) is 0 Å². The lowest BCUT2D eigenvalue weighted by molar-refractivity contribution is 0.119. The van der Waals surface area contributed by atoms with Gasteiger partial charge in [0.05, 0.1) is 11.5 Å². The number of aliphatic hydroxyl groups excluding tert-OH is 1. The van der Waals surface area contributed by atoms with Gasteiger partial charge in [-0.15, -0.1) is 11.6 Å². The molecule has 0 aromatic heterocycles. The number of rotatable bonds is 9. The fraction of sp³-hybridized carbons (Fsp3) is 0.122. The summed E-state index contributed by atoms with van der Waals surface area (Å²) in [4.78, 5) is -0.649. The second kappa shape index (κ2) is 15.2. The summed E-state index contributed by atoms with van der Waals surface area (Å²) in [5.41, 5.74) is 5.98. The molecule has 0 saturated carbocycles. The van der Waals surface area contributed by atoms with E-state index in [2.05, 4.69) is 88.7 Å². The van der Waals surface area contributed by atoms with Crippen LogP contribution in [-0.4, -0.2) is 16.5 Å². The second-order valence-electron chi connectivity index (χ2n) is 10.7. The summed E-state index contributed by atoms with van der Waals surface area (Å²) in [5.74, 6) is 0. The van der Waals surface area contributed by atoms with Gasteiger partial charge in [-0.25, -0.2) is 0 Å². The van der Waals surface area contributed by atoms with Crippen molar-refractivity contribution in [2.24, 2.45) is 0 Å². The quantitative estimate of drug-likeness (QED) is 0.121. The molecule has 0 radical (unpaired) electrons. The third-order valence-electron chi connectivity index (χ3n) is 8.08. The molecule has 0 saturated heterocycles. The summed E-state index contributed by atoms with van der Waals surface area (Å²) < 4.78 is 0. The minimum atomic E-state index is -0.649. The van der Waals surface area contributed by atoms with Gasteiger partial charge in [0.25, 0.3) is 0 Å². The summed E-state index contributed by atoms with van der Waals surface area (Å²) in [6, 6.07) is 61.6. The van der Waals surface area contributed by atoms with Gasteiger partial charge in [-0.05, 0) is 39.8 Å². The van der Waals surface area contributed by atoms with Crippen molar-refractivity contribution in [2.45, 2.75) is 22.8 Å². The number of benzene rings is 6. The van der Waals surface area contributed by atoms with E-state index in [1.165, 1.54) is 0 Å². The standard InChI is InChI=1S/C22H21BrO.C19H15Cl/c23-17-16-21(24)22(18-10-4-1-5-11-18,19-12-6-2-7-13-19)20-14-8-3-9-15-20;20-19(16-10-4-1-5-11-16,17-12-6-2-7-13-17)18-14-8-3-9-15-18/h1-15,21,24H,16-17H2;1-15H. The van der Waals surface area contributed by atoms with Crippen molar-refractivity contribution in [3.05, 3.63) is 215 Å². The zero-order chi connectivity index (χ0) is 30.7. The monoisotopic (exact) mass is 658 g/mol. The van der Waals surface area contributed by atoms with E-state index in [1.807, 2.05) is 109 Å². The zero-order valence-corrected chi connectivity index (χ0v) is 26.9. The molecular weight excluding hydrogens is 624 g/mol. The Morgan fingerprint density at radius 1 is 0.432 bits per heavy atom. The molecule has 3 heteroatoms. The lowest BCUT2D eigenvalue weighted by Gasteiger charge is -2.40. The van der Waals surface area contributed by atoms with Gasteiger partial charge in [0.1, 0.15) is 4.87 Å². The molecule has 0 fully saturated rings. The van der Waals surface area contributed by atoms with E-state index in [-0.39, 0.29) is 0 Å². The maximum absolute atomic E-state index is 11.3. The van der Waals surface area contributed by atoms with Crippen LogP contribution in [-0.2, 0) is 10.3 Å². The largest absolute Gasteiger partial charge is 0.391 e. The molecular formula is C41H36BrClO. The molecule has 0 aliphatic carbocycles. The molecule has 0 bridgehead atoms. The molecule has 44 heavy (non-hydrogen) atoms. The summed E-state index contributed by atoms with van der Waals surface area (Å²) in [6.07, 6.45) is 0.127. The molecule has 0 amide bonds. The first-order valence-electron chi connectivity index (χ1n) is 14.9. The zero-order valence-electron chi connectivity index (χ0n) is 24.5. The SMILES string of the molecule is ClC(c1ccccc1)(c1ccccc1)c1ccccc1.OC(CCBr)C(c1ccccc1)(c1ccccc1)c1ccccc1. The Bertz CT molecular complexity index is 1470. The first-order chi connectivity index (χ1) is 21.6. The molecule has 1 N–H and O–H groups in total. The van der Waals surface area contributed by atoms with Crippen molar-refractivity contribution >= 4 is 27.5 Å². The normalized spacial score (nSPS) is 12.1. The molecule has 220 valence electrons. The molecule has 6 aromatic carbocycles.